The molecule has 0 aliphatic carbocycles. The molecule has 166 valence electrons. The van der Waals surface area contributed by atoms with Gasteiger partial charge in [0.15, 0.2) is 6.10 Å². The predicted molar refractivity (Wildman–Crippen MR) is 113 cm³/mol. The van der Waals surface area contributed by atoms with Gasteiger partial charge >= 0.3 is 11.9 Å². The molecule has 0 saturated heterocycles. The molecule has 32 heavy (non-hydrogen) atoms. The number of H-pyrrole nitrogens is 1. The van der Waals surface area contributed by atoms with Gasteiger partial charge in [0, 0.05) is 12.2 Å². The van der Waals surface area contributed by atoms with Gasteiger partial charge in [-0.3, -0.25) is 19.3 Å². The standard InChI is InChI=1S/C23H22N2O7/c1-6-9-25-20(27)15-8-7-14(10-16(15)21(25)28)22(29)32-13(4)19(26)18-11(2)17(12(3)24-18)23(30)31-5/h6-8,10,13,24H,1,9H2,2-5H3. The van der Waals surface area contributed by atoms with Crippen molar-refractivity contribution in [2.24, 2.45) is 0 Å². The predicted octanol–water partition coefficient (Wildman–Crippen LogP) is 2.63. The number of nitrogens with one attached hydrogen (secondary N) is 1. The molecule has 3 rings (SSSR count). The number of imide groups is 1. The number of fused-ring (bicyclic) bond motifs is 1. The Kier molecular flexibility index (Phi) is 6.11. The van der Waals surface area contributed by atoms with E-state index in [9.17, 15) is 24.0 Å². The summed E-state index contributed by atoms with van der Waals surface area (Å²) in [6, 6.07) is 4.01. The van der Waals surface area contributed by atoms with Crippen LogP contribution in [-0.4, -0.2) is 59.2 Å². The van der Waals surface area contributed by atoms with E-state index in [0.29, 0.717) is 11.3 Å². The van der Waals surface area contributed by atoms with Crippen LogP contribution in [-0.2, 0) is 9.47 Å². The Morgan fingerprint density at radius 2 is 1.78 bits per heavy atom. The highest BCUT2D eigenvalue weighted by Gasteiger charge is 2.35. The summed E-state index contributed by atoms with van der Waals surface area (Å²) >= 11 is 0. The van der Waals surface area contributed by atoms with Crippen LogP contribution < -0.4 is 0 Å². The van der Waals surface area contributed by atoms with Gasteiger partial charge in [-0.1, -0.05) is 6.08 Å². The Bertz CT molecular complexity index is 1180. The third-order valence-electron chi connectivity index (χ3n) is 5.24. The third-order valence-corrected chi connectivity index (χ3v) is 5.24. The van der Waals surface area contributed by atoms with E-state index in [0.717, 1.165) is 4.90 Å². The van der Waals surface area contributed by atoms with Crippen LogP contribution in [0.5, 0.6) is 0 Å². The Hall–Kier alpha value is -4.01. The second kappa shape index (κ2) is 8.62. The highest BCUT2D eigenvalue weighted by Crippen LogP contribution is 2.25. The molecule has 9 nitrogen and oxygen atoms in total. The van der Waals surface area contributed by atoms with Crippen molar-refractivity contribution in [3.8, 4) is 0 Å². The molecule has 1 aromatic heterocycles. The number of ether oxygens (including phenoxy) is 2. The average molecular weight is 438 g/mol. The fourth-order valence-electron chi connectivity index (χ4n) is 3.60. The zero-order valence-electron chi connectivity index (χ0n) is 18.1. The van der Waals surface area contributed by atoms with E-state index in [1.54, 1.807) is 13.8 Å². The minimum absolute atomic E-state index is 0.0274. The molecular weight excluding hydrogens is 416 g/mol. The van der Waals surface area contributed by atoms with Crippen LogP contribution in [0.1, 0.15) is 70.1 Å². The van der Waals surface area contributed by atoms with E-state index < -0.39 is 35.6 Å². The van der Waals surface area contributed by atoms with Crippen molar-refractivity contribution >= 4 is 29.5 Å². The first-order chi connectivity index (χ1) is 15.1. The molecule has 1 aliphatic heterocycles. The van der Waals surface area contributed by atoms with E-state index >= 15 is 0 Å². The minimum atomic E-state index is -1.17. The fraction of sp³-hybridized carbons (Fsp3) is 0.261. The quantitative estimate of drug-likeness (QED) is 0.305. The number of hydrogen-bond donors (Lipinski definition) is 1. The molecular formula is C23H22N2O7. The van der Waals surface area contributed by atoms with E-state index in [2.05, 4.69) is 11.6 Å². The molecule has 1 unspecified atom stereocenters. The zero-order chi connectivity index (χ0) is 23.7. The Balaban J connectivity index is 1.80. The molecule has 2 aromatic rings. The molecule has 2 heterocycles. The normalized spacial score (nSPS) is 13.6. The number of carbonyl (C=O) groups excluding carboxylic acids is 5. The molecule has 0 spiro atoms. The molecule has 1 aliphatic rings. The second-order valence-corrected chi connectivity index (χ2v) is 7.30. The van der Waals surface area contributed by atoms with Crippen LogP contribution in [0.4, 0.5) is 0 Å². The van der Waals surface area contributed by atoms with Gasteiger partial charge in [0.25, 0.3) is 11.8 Å². The number of nitrogens with zero attached hydrogens (tertiary/aromatic N) is 1. The highest BCUT2D eigenvalue weighted by atomic mass is 16.5. The van der Waals surface area contributed by atoms with Gasteiger partial charge in [-0.25, -0.2) is 9.59 Å². The van der Waals surface area contributed by atoms with Gasteiger partial charge in [0.2, 0.25) is 5.78 Å². The maximum atomic E-state index is 12.8. The van der Waals surface area contributed by atoms with Crippen LogP contribution in [0.2, 0.25) is 0 Å². The van der Waals surface area contributed by atoms with Gasteiger partial charge < -0.3 is 14.5 Å². The number of rotatable bonds is 7. The number of esters is 2. The molecule has 9 heteroatoms. The number of aryl methyl sites for hydroxylation is 1. The Morgan fingerprint density at radius 3 is 2.41 bits per heavy atom. The zero-order valence-corrected chi connectivity index (χ0v) is 18.1. The summed E-state index contributed by atoms with van der Waals surface area (Å²) < 4.78 is 10.0. The molecule has 0 fully saturated rings. The summed E-state index contributed by atoms with van der Waals surface area (Å²) in [7, 11) is 1.24. The van der Waals surface area contributed by atoms with Crippen molar-refractivity contribution in [1.29, 1.82) is 0 Å². The summed E-state index contributed by atoms with van der Waals surface area (Å²) in [6.07, 6.45) is 0.257. The lowest BCUT2D eigenvalue weighted by Gasteiger charge is -2.12. The van der Waals surface area contributed by atoms with Crippen LogP contribution in [0, 0.1) is 13.8 Å². The van der Waals surface area contributed by atoms with Crippen molar-refractivity contribution in [3.05, 3.63) is 70.1 Å². The fourth-order valence-corrected chi connectivity index (χ4v) is 3.60. The summed E-state index contributed by atoms with van der Waals surface area (Å²) in [6.45, 7) is 8.21. The number of benzene rings is 1. The Labute approximate surface area is 184 Å². The first kappa shape index (κ1) is 22.7. The summed E-state index contributed by atoms with van der Waals surface area (Å²) in [5.74, 6) is -2.93. The highest BCUT2D eigenvalue weighted by molar-refractivity contribution is 6.22. The van der Waals surface area contributed by atoms with Crippen LogP contribution in [0.15, 0.2) is 30.9 Å². The van der Waals surface area contributed by atoms with Crippen LogP contribution >= 0.6 is 0 Å². The molecule has 1 N–H and O–H groups in total. The van der Waals surface area contributed by atoms with E-state index in [1.165, 1.54) is 38.3 Å². The maximum absolute atomic E-state index is 12.8. The van der Waals surface area contributed by atoms with Crippen molar-refractivity contribution in [1.82, 2.24) is 9.88 Å². The van der Waals surface area contributed by atoms with Gasteiger partial charge in [-0.05, 0) is 44.5 Å². The number of aromatic nitrogens is 1. The lowest BCUT2D eigenvalue weighted by atomic mass is 10.1. The van der Waals surface area contributed by atoms with Crippen LogP contribution in [0.25, 0.3) is 0 Å². The number of aromatic amines is 1. The SMILES string of the molecule is C=CCN1C(=O)c2ccc(C(=O)OC(C)C(=O)c3[nH]c(C)c(C(=O)OC)c3C)cc2C1=O. The van der Waals surface area contributed by atoms with Crippen molar-refractivity contribution in [2.45, 2.75) is 26.9 Å². The van der Waals surface area contributed by atoms with Crippen molar-refractivity contribution < 1.29 is 33.4 Å². The van der Waals surface area contributed by atoms with Crippen LogP contribution in [0.3, 0.4) is 0 Å². The lowest BCUT2D eigenvalue weighted by Crippen LogP contribution is -2.29. The smallest absolute Gasteiger partial charge is 0.339 e. The van der Waals surface area contributed by atoms with Gasteiger partial charge in [0.05, 0.1) is 35.1 Å². The largest absolute Gasteiger partial charge is 0.465 e. The molecule has 2 amide bonds. The first-order valence-electron chi connectivity index (χ1n) is 9.76. The molecule has 0 saturated carbocycles. The molecule has 1 aromatic carbocycles. The molecule has 0 bridgehead atoms. The maximum Gasteiger partial charge on any atom is 0.339 e. The van der Waals surface area contributed by atoms with Gasteiger partial charge in [-0.15, -0.1) is 6.58 Å². The number of ketones is 1. The number of Topliss-reactive ketones (excluding diaryl/α,β-unsaturated/α-hetero) is 1. The van der Waals surface area contributed by atoms with E-state index in [1.807, 2.05) is 0 Å². The minimum Gasteiger partial charge on any atom is -0.465 e. The Morgan fingerprint density at radius 1 is 1.12 bits per heavy atom. The number of carbonyl (C=O) groups is 5. The lowest BCUT2D eigenvalue weighted by molar-refractivity contribution is 0.0316. The summed E-state index contributed by atoms with van der Waals surface area (Å²) in [5, 5.41) is 0. The summed E-state index contributed by atoms with van der Waals surface area (Å²) in [4.78, 5) is 66.0. The number of methoxy groups -OCH3 is 1. The molecule has 0 radical (unpaired) electrons. The third kappa shape index (κ3) is 3.73. The van der Waals surface area contributed by atoms with Gasteiger partial charge in [-0.2, -0.15) is 0 Å². The molecule has 1 atom stereocenters. The van der Waals surface area contributed by atoms with E-state index in [4.69, 9.17) is 9.47 Å². The second-order valence-electron chi connectivity index (χ2n) is 7.30. The van der Waals surface area contributed by atoms with Crippen molar-refractivity contribution in [3.63, 3.8) is 0 Å². The average Bonchev–Trinajstić information content (AvgIpc) is 3.20. The number of amides is 2. The number of hydrogen-bond acceptors (Lipinski definition) is 7. The topological polar surface area (TPSA) is 123 Å². The monoisotopic (exact) mass is 438 g/mol. The first-order valence-corrected chi connectivity index (χ1v) is 9.76. The van der Waals surface area contributed by atoms with E-state index in [-0.39, 0.29) is 34.5 Å². The van der Waals surface area contributed by atoms with Crippen molar-refractivity contribution in [2.75, 3.05) is 13.7 Å². The summed E-state index contributed by atoms with van der Waals surface area (Å²) in [5.41, 5.74) is 1.54. The van der Waals surface area contributed by atoms with Gasteiger partial charge in [0.1, 0.15) is 0 Å².